The lowest BCUT2D eigenvalue weighted by atomic mass is 9.87. The molecule has 2 atom stereocenters. The van der Waals surface area contributed by atoms with E-state index in [4.69, 9.17) is 5.10 Å². The van der Waals surface area contributed by atoms with Crippen LogP contribution in [-0.4, -0.2) is 28.4 Å². The molecule has 0 bridgehead atoms. The third-order valence-corrected chi connectivity index (χ3v) is 5.43. The van der Waals surface area contributed by atoms with Crippen molar-refractivity contribution in [2.24, 2.45) is 0 Å². The van der Waals surface area contributed by atoms with Crippen molar-refractivity contribution < 1.29 is 4.79 Å². The van der Waals surface area contributed by atoms with Gasteiger partial charge in [-0.15, -0.1) is 0 Å². The molecule has 0 aliphatic heterocycles. The van der Waals surface area contributed by atoms with Crippen LogP contribution in [0.1, 0.15) is 62.5 Å². The fraction of sp³-hybridized carbons (Fsp3) is 0.478. The van der Waals surface area contributed by atoms with Gasteiger partial charge in [0.2, 0.25) is 0 Å². The first-order chi connectivity index (χ1) is 13.2. The fourth-order valence-corrected chi connectivity index (χ4v) is 3.95. The molecular weight excluding hydrogens is 348 g/mol. The number of aromatic nitrogens is 2. The largest absolute Gasteiger partial charge is 0.338 e. The average molecular weight is 381 g/mol. The third-order valence-electron chi connectivity index (χ3n) is 5.43. The average Bonchev–Trinajstić information content (AvgIpc) is 3.18. The van der Waals surface area contributed by atoms with Crippen LogP contribution in [-0.2, 0) is 5.41 Å². The normalized spacial score (nSPS) is 19.1. The fourth-order valence-electron chi connectivity index (χ4n) is 3.95. The van der Waals surface area contributed by atoms with E-state index in [2.05, 4.69) is 81.7 Å². The second-order valence-corrected chi connectivity index (χ2v) is 8.63. The zero-order valence-corrected chi connectivity index (χ0v) is 17.8. The van der Waals surface area contributed by atoms with Crippen LogP contribution in [0.15, 0.2) is 36.4 Å². The Bertz CT molecular complexity index is 871. The molecule has 2 amide bonds. The minimum Gasteiger partial charge on any atom is -0.338 e. The molecule has 1 aliphatic carbocycles. The number of hydrogen-bond acceptors (Lipinski definition) is 2. The Morgan fingerprint density at radius 1 is 1.18 bits per heavy atom. The summed E-state index contributed by atoms with van der Waals surface area (Å²) in [6.45, 7) is 13.4. The lowest BCUT2D eigenvalue weighted by molar-refractivity contribution is 0.239. The highest BCUT2D eigenvalue weighted by molar-refractivity contribution is 5.74. The Morgan fingerprint density at radius 2 is 1.86 bits per heavy atom. The van der Waals surface area contributed by atoms with Crippen molar-refractivity contribution in [1.29, 1.82) is 0 Å². The summed E-state index contributed by atoms with van der Waals surface area (Å²) in [5.74, 6) is 0.273. The number of amides is 2. The number of hydrogen-bond donors (Lipinski definition) is 2. The van der Waals surface area contributed by atoms with E-state index >= 15 is 0 Å². The second kappa shape index (κ2) is 7.82. The van der Waals surface area contributed by atoms with Crippen LogP contribution in [0.4, 0.5) is 4.79 Å². The molecule has 150 valence electrons. The van der Waals surface area contributed by atoms with Gasteiger partial charge in [-0.05, 0) is 50.3 Å². The number of nitrogens with zero attached hydrogens (tertiary/aromatic N) is 2. The molecule has 2 N–H and O–H groups in total. The molecule has 0 fully saturated rings. The maximum Gasteiger partial charge on any atom is 0.315 e. The van der Waals surface area contributed by atoms with Crippen molar-refractivity contribution in [3.8, 4) is 5.69 Å². The van der Waals surface area contributed by atoms with Crippen LogP contribution in [0.25, 0.3) is 5.69 Å². The molecule has 5 nitrogen and oxygen atoms in total. The van der Waals surface area contributed by atoms with Gasteiger partial charge in [0, 0.05) is 29.8 Å². The van der Waals surface area contributed by atoms with Crippen LogP contribution in [0.3, 0.4) is 0 Å². The number of carbonyl (C=O) groups is 1. The van der Waals surface area contributed by atoms with Gasteiger partial charge in [0.05, 0.1) is 11.4 Å². The minimum atomic E-state index is -0.110. The van der Waals surface area contributed by atoms with Gasteiger partial charge < -0.3 is 10.6 Å². The molecule has 1 aromatic heterocycles. The van der Waals surface area contributed by atoms with Gasteiger partial charge in [0.1, 0.15) is 0 Å². The van der Waals surface area contributed by atoms with Gasteiger partial charge in [-0.25, -0.2) is 9.48 Å². The van der Waals surface area contributed by atoms with Crippen LogP contribution in [0, 0.1) is 13.8 Å². The molecule has 1 aliphatic rings. The molecule has 0 saturated heterocycles. The molecule has 5 heteroatoms. The summed E-state index contributed by atoms with van der Waals surface area (Å²) in [4.78, 5) is 11.8. The molecule has 0 unspecified atom stereocenters. The van der Waals surface area contributed by atoms with Crippen molar-refractivity contribution in [2.75, 3.05) is 6.54 Å². The smallest absolute Gasteiger partial charge is 0.315 e. The van der Waals surface area contributed by atoms with Gasteiger partial charge in [0.25, 0.3) is 0 Å². The van der Waals surface area contributed by atoms with E-state index in [1.54, 1.807) is 0 Å². The molecular formula is C23H32N4O. The summed E-state index contributed by atoms with van der Waals surface area (Å²) in [6, 6.07) is 8.62. The van der Waals surface area contributed by atoms with E-state index in [0.717, 1.165) is 23.5 Å². The Balaban J connectivity index is 1.80. The summed E-state index contributed by atoms with van der Waals surface area (Å²) < 4.78 is 2.04. The topological polar surface area (TPSA) is 59.0 Å². The molecule has 2 aromatic rings. The molecule has 0 spiro atoms. The maximum atomic E-state index is 11.8. The van der Waals surface area contributed by atoms with Gasteiger partial charge >= 0.3 is 6.03 Å². The Kier molecular flexibility index (Phi) is 5.64. The highest BCUT2D eigenvalue weighted by Crippen LogP contribution is 2.34. The third kappa shape index (κ3) is 4.13. The standard InChI is InChI=1S/C23H32N4O/c1-7-24-22(28)25-19-11-8-17(14-19)21-15(2)26-27(16(21)3)20-12-9-18(10-13-20)23(4,5)6/h8-13,17,19H,7,14H2,1-6H3,(H2,24,25,28)/t17-,19+/m1/s1. The number of urea groups is 1. The highest BCUT2D eigenvalue weighted by Gasteiger charge is 2.27. The van der Waals surface area contributed by atoms with Gasteiger partial charge in [-0.2, -0.15) is 5.10 Å². The maximum absolute atomic E-state index is 11.8. The number of nitrogens with one attached hydrogen (secondary N) is 2. The summed E-state index contributed by atoms with van der Waals surface area (Å²) in [6.07, 6.45) is 5.16. The lowest BCUT2D eigenvalue weighted by Crippen LogP contribution is -2.40. The van der Waals surface area contributed by atoms with E-state index in [9.17, 15) is 4.79 Å². The zero-order valence-electron chi connectivity index (χ0n) is 17.8. The number of aryl methyl sites for hydroxylation is 1. The summed E-state index contributed by atoms with van der Waals surface area (Å²) in [7, 11) is 0. The Morgan fingerprint density at radius 3 is 2.46 bits per heavy atom. The monoisotopic (exact) mass is 380 g/mol. The Labute approximate surface area is 168 Å². The summed E-state index contributed by atoms with van der Waals surface area (Å²) in [5, 5.41) is 10.6. The predicted octanol–water partition coefficient (Wildman–Crippen LogP) is 4.52. The lowest BCUT2D eigenvalue weighted by Gasteiger charge is -2.19. The first-order valence-corrected chi connectivity index (χ1v) is 10.1. The number of carbonyl (C=O) groups excluding carboxylic acids is 1. The van der Waals surface area contributed by atoms with Gasteiger partial charge in [-0.1, -0.05) is 45.1 Å². The summed E-state index contributed by atoms with van der Waals surface area (Å²) in [5.41, 5.74) is 6.01. The van der Waals surface area contributed by atoms with E-state index in [-0.39, 0.29) is 23.4 Å². The minimum absolute atomic E-state index is 0.0600. The van der Waals surface area contributed by atoms with Crippen molar-refractivity contribution in [2.45, 2.75) is 65.3 Å². The van der Waals surface area contributed by atoms with E-state index in [1.807, 2.05) is 11.6 Å². The van der Waals surface area contributed by atoms with Crippen LogP contribution in [0.2, 0.25) is 0 Å². The van der Waals surface area contributed by atoms with Crippen molar-refractivity contribution in [3.63, 3.8) is 0 Å². The van der Waals surface area contributed by atoms with Crippen molar-refractivity contribution in [3.05, 3.63) is 58.9 Å². The number of allylic oxidation sites excluding steroid dienone is 1. The number of benzene rings is 1. The van der Waals surface area contributed by atoms with Crippen LogP contribution >= 0.6 is 0 Å². The predicted molar refractivity (Wildman–Crippen MR) is 114 cm³/mol. The highest BCUT2D eigenvalue weighted by atomic mass is 16.2. The SMILES string of the molecule is CCNC(=O)N[C@H]1C=C[C@@H](c2c(C)nn(-c3ccc(C(C)(C)C)cc3)c2C)C1. The molecule has 3 rings (SSSR count). The molecule has 1 aromatic carbocycles. The van der Waals surface area contributed by atoms with E-state index in [0.29, 0.717) is 6.54 Å². The van der Waals surface area contributed by atoms with Crippen molar-refractivity contribution in [1.82, 2.24) is 20.4 Å². The first-order valence-electron chi connectivity index (χ1n) is 10.1. The molecule has 0 saturated carbocycles. The van der Waals surface area contributed by atoms with Crippen LogP contribution < -0.4 is 10.6 Å². The quantitative estimate of drug-likeness (QED) is 0.766. The first kappa shape index (κ1) is 20.2. The van der Waals surface area contributed by atoms with Gasteiger partial charge in [0.15, 0.2) is 0 Å². The number of rotatable bonds is 4. The van der Waals surface area contributed by atoms with Gasteiger partial charge in [-0.3, -0.25) is 0 Å². The van der Waals surface area contributed by atoms with E-state index < -0.39 is 0 Å². The second-order valence-electron chi connectivity index (χ2n) is 8.63. The zero-order chi connectivity index (χ0) is 20.5. The molecule has 0 radical (unpaired) electrons. The van der Waals surface area contributed by atoms with Crippen LogP contribution in [0.5, 0.6) is 0 Å². The molecule has 1 heterocycles. The summed E-state index contributed by atoms with van der Waals surface area (Å²) >= 11 is 0. The molecule has 28 heavy (non-hydrogen) atoms. The van der Waals surface area contributed by atoms with E-state index in [1.165, 1.54) is 11.1 Å². The van der Waals surface area contributed by atoms with Crippen molar-refractivity contribution >= 4 is 6.03 Å². The Hall–Kier alpha value is -2.56.